The molecule has 2 N–H and O–H groups in total. The number of aromatic nitrogens is 4. The first-order valence-corrected chi connectivity index (χ1v) is 12.5. The van der Waals surface area contributed by atoms with E-state index in [2.05, 4.69) is 65.1 Å². The number of rotatable bonds is 8. The van der Waals surface area contributed by atoms with Crippen LogP contribution in [0.2, 0.25) is 0 Å². The van der Waals surface area contributed by atoms with Gasteiger partial charge < -0.3 is 20.1 Å². The molecule has 0 amide bonds. The Bertz CT molecular complexity index is 1320. The number of hydrogen-bond donors (Lipinski definition) is 2. The van der Waals surface area contributed by atoms with Crippen LogP contribution >= 0.6 is 0 Å². The molecule has 5 rings (SSSR count). The number of morpholine rings is 1. The molecule has 1 saturated heterocycles. The Hall–Kier alpha value is -3.07. The average molecular weight is 475 g/mol. The van der Waals surface area contributed by atoms with Gasteiger partial charge in [-0.25, -0.2) is 9.97 Å². The van der Waals surface area contributed by atoms with Crippen molar-refractivity contribution in [2.45, 2.75) is 45.8 Å². The molecular weight excluding hydrogens is 440 g/mol. The summed E-state index contributed by atoms with van der Waals surface area (Å²) in [4.78, 5) is 14.2. The highest BCUT2D eigenvalue weighted by atomic mass is 16.5. The van der Waals surface area contributed by atoms with Crippen LogP contribution in [0.15, 0.2) is 42.7 Å². The minimum atomic E-state index is -0.535. The molecule has 0 spiro atoms. The zero-order valence-corrected chi connectivity index (χ0v) is 21.0. The Labute approximate surface area is 206 Å². The van der Waals surface area contributed by atoms with Crippen molar-refractivity contribution < 1.29 is 9.47 Å². The summed E-state index contributed by atoms with van der Waals surface area (Å²) in [5.41, 5.74) is 5.41. The van der Waals surface area contributed by atoms with Crippen molar-refractivity contribution in [3.63, 3.8) is 0 Å². The molecule has 0 saturated carbocycles. The summed E-state index contributed by atoms with van der Waals surface area (Å²) in [5.74, 6) is 1.54. The zero-order valence-electron chi connectivity index (χ0n) is 21.0. The number of hydrogen-bond acceptors (Lipinski definition) is 7. The van der Waals surface area contributed by atoms with Crippen LogP contribution in [-0.2, 0) is 10.3 Å². The summed E-state index contributed by atoms with van der Waals surface area (Å²) < 4.78 is 14.4. The van der Waals surface area contributed by atoms with Gasteiger partial charge in [-0.2, -0.15) is 0 Å². The fraction of sp³-hybridized carbons (Fsp3) is 0.444. The second-order valence-electron chi connectivity index (χ2n) is 9.43. The van der Waals surface area contributed by atoms with E-state index in [9.17, 15) is 0 Å². The molecule has 0 aliphatic carbocycles. The van der Waals surface area contributed by atoms with Crippen molar-refractivity contribution in [1.29, 1.82) is 0 Å². The first-order chi connectivity index (χ1) is 17.0. The third-order valence-corrected chi connectivity index (χ3v) is 6.54. The van der Waals surface area contributed by atoms with Crippen molar-refractivity contribution in [2.24, 2.45) is 0 Å². The van der Waals surface area contributed by atoms with Crippen LogP contribution < -0.4 is 15.4 Å². The molecule has 2 atom stereocenters. The molecule has 0 unspecified atom stereocenters. The molecule has 4 aromatic rings. The van der Waals surface area contributed by atoms with Crippen molar-refractivity contribution in [3.05, 3.63) is 54.2 Å². The van der Waals surface area contributed by atoms with E-state index in [0.717, 1.165) is 65.3 Å². The van der Waals surface area contributed by atoms with Crippen LogP contribution in [0.3, 0.4) is 0 Å². The summed E-state index contributed by atoms with van der Waals surface area (Å²) in [6, 6.07) is 10.3. The largest absolute Gasteiger partial charge is 0.478 e. The Morgan fingerprint density at radius 3 is 2.80 bits per heavy atom. The number of pyridine rings is 1. The molecule has 8 heteroatoms. The Balaban J connectivity index is 1.49. The topological polar surface area (TPSA) is 85.6 Å². The van der Waals surface area contributed by atoms with Crippen LogP contribution in [0.1, 0.15) is 38.7 Å². The van der Waals surface area contributed by atoms with Gasteiger partial charge in [0.1, 0.15) is 11.4 Å². The lowest BCUT2D eigenvalue weighted by atomic mass is 10.0. The van der Waals surface area contributed by atoms with Crippen molar-refractivity contribution in [2.75, 3.05) is 32.8 Å². The predicted molar refractivity (Wildman–Crippen MR) is 138 cm³/mol. The summed E-state index contributed by atoms with van der Waals surface area (Å²) >= 11 is 0. The van der Waals surface area contributed by atoms with E-state index in [1.807, 2.05) is 25.4 Å². The molecule has 1 fully saturated rings. The molecule has 4 heterocycles. The third kappa shape index (κ3) is 4.74. The molecular formula is C27H34N6O2. The van der Waals surface area contributed by atoms with Gasteiger partial charge in [0, 0.05) is 30.9 Å². The Morgan fingerprint density at radius 1 is 1.17 bits per heavy atom. The Morgan fingerprint density at radius 2 is 2.03 bits per heavy atom. The monoisotopic (exact) mass is 474 g/mol. The van der Waals surface area contributed by atoms with E-state index in [0.29, 0.717) is 19.0 Å². The van der Waals surface area contributed by atoms with Gasteiger partial charge in [-0.3, -0.25) is 9.38 Å². The van der Waals surface area contributed by atoms with Crippen molar-refractivity contribution in [1.82, 2.24) is 30.0 Å². The number of aryl methyl sites for hydroxylation is 1. The highest BCUT2D eigenvalue weighted by molar-refractivity contribution is 5.84. The maximum Gasteiger partial charge on any atom is 0.213 e. The van der Waals surface area contributed by atoms with Gasteiger partial charge >= 0.3 is 0 Å². The number of imidazole rings is 1. The van der Waals surface area contributed by atoms with E-state index in [1.54, 1.807) is 0 Å². The molecule has 1 aromatic carbocycles. The SMILES string of the molecule is CCNCCCOc1ccc(-c2ccc3ncc4c(C)nc([C@]5(C)CNC[C@@H](C)O5)n4c3c2)cn1. The maximum atomic E-state index is 6.42. The first kappa shape index (κ1) is 23.7. The van der Waals surface area contributed by atoms with Crippen molar-refractivity contribution in [3.8, 4) is 17.0 Å². The molecule has 1 aliphatic rings. The van der Waals surface area contributed by atoms with Crippen LogP contribution in [0.4, 0.5) is 0 Å². The highest BCUT2D eigenvalue weighted by Crippen LogP contribution is 2.33. The summed E-state index contributed by atoms with van der Waals surface area (Å²) in [7, 11) is 0. The smallest absolute Gasteiger partial charge is 0.213 e. The van der Waals surface area contributed by atoms with Gasteiger partial charge in [-0.15, -0.1) is 0 Å². The van der Waals surface area contributed by atoms with Crippen LogP contribution in [-0.4, -0.2) is 58.2 Å². The van der Waals surface area contributed by atoms with E-state index < -0.39 is 5.60 Å². The normalized spacial score (nSPS) is 20.5. The Kier molecular flexibility index (Phi) is 6.69. The molecule has 184 valence electrons. The second-order valence-corrected chi connectivity index (χ2v) is 9.43. The molecule has 0 radical (unpaired) electrons. The lowest BCUT2D eigenvalue weighted by Gasteiger charge is -2.37. The van der Waals surface area contributed by atoms with Gasteiger partial charge in [-0.1, -0.05) is 13.0 Å². The van der Waals surface area contributed by atoms with Crippen molar-refractivity contribution >= 4 is 16.6 Å². The predicted octanol–water partition coefficient (Wildman–Crippen LogP) is 3.85. The van der Waals surface area contributed by atoms with Gasteiger partial charge in [0.2, 0.25) is 5.88 Å². The number of fused-ring (bicyclic) bond motifs is 3. The average Bonchev–Trinajstić information content (AvgIpc) is 3.22. The standard InChI is InChI=1S/C27H34N6O2/c1-5-28-11-6-12-34-25-10-8-21(15-31-25)20-7-9-22-23(13-20)33-24(16-30-22)19(3)32-26(33)27(4)17-29-14-18(2)35-27/h7-10,13,15-16,18,28-29H,5-6,11-12,14,17H2,1-4H3/t18-,27+/m1/s1. The lowest BCUT2D eigenvalue weighted by Crippen LogP contribution is -2.50. The zero-order chi connectivity index (χ0) is 24.4. The summed E-state index contributed by atoms with van der Waals surface area (Å²) in [6.07, 6.45) is 4.83. The maximum absolute atomic E-state index is 6.42. The number of benzene rings is 1. The fourth-order valence-electron chi connectivity index (χ4n) is 4.77. The van der Waals surface area contributed by atoms with E-state index in [4.69, 9.17) is 19.4 Å². The summed E-state index contributed by atoms with van der Waals surface area (Å²) in [5, 5.41) is 6.79. The van der Waals surface area contributed by atoms with Crippen LogP contribution in [0.25, 0.3) is 27.7 Å². The highest BCUT2D eigenvalue weighted by Gasteiger charge is 2.37. The van der Waals surface area contributed by atoms with Gasteiger partial charge in [0.05, 0.1) is 41.2 Å². The number of nitrogens with zero attached hydrogens (tertiary/aromatic N) is 4. The molecule has 0 bridgehead atoms. The molecule has 8 nitrogen and oxygen atoms in total. The number of nitrogens with one attached hydrogen (secondary N) is 2. The minimum absolute atomic E-state index is 0.111. The van der Waals surface area contributed by atoms with Crippen LogP contribution in [0.5, 0.6) is 5.88 Å². The van der Waals surface area contributed by atoms with Crippen LogP contribution in [0, 0.1) is 6.92 Å². The van der Waals surface area contributed by atoms with E-state index in [1.165, 1.54) is 0 Å². The minimum Gasteiger partial charge on any atom is -0.478 e. The molecule has 3 aromatic heterocycles. The van der Waals surface area contributed by atoms with Gasteiger partial charge in [-0.05, 0) is 64.0 Å². The first-order valence-electron chi connectivity index (χ1n) is 12.5. The second kappa shape index (κ2) is 9.89. The quantitative estimate of drug-likeness (QED) is 0.375. The molecule has 35 heavy (non-hydrogen) atoms. The van der Waals surface area contributed by atoms with E-state index >= 15 is 0 Å². The lowest BCUT2D eigenvalue weighted by molar-refractivity contribution is -0.108. The van der Waals surface area contributed by atoms with Gasteiger partial charge in [0.15, 0.2) is 0 Å². The number of ether oxygens (including phenoxy) is 2. The third-order valence-electron chi connectivity index (χ3n) is 6.54. The van der Waals surface area contributed by atoms with Gasteiger partial charge in [0.25, 0.3) is 0 Å². The molecule has 1 aliphatic heterocycles. The summed E-state index contributed by atoms with van der Waals surface area (Å²) in [6.45, 7) is 12.5. The van der Waals surface area contributed by atoms with E-state index in [-0.39, 0.29) is 6.10 Å². The fourth-order valence-corrected chi connectivity index (χ4v) is 4.77.